The Labute approximate surface area is 104 Å². The van der Waals surface area contributed by atoms with Crippen LogP contribution in [0.1, 0.15) is 30.7 Å². The quantitative estimate of drug-likeness (QED) is 0.735. The van der Waals surface area contributed by atoms with Gasteiger partial charge in [-0.3, -0.25) is 0 Å². The summed E-state index contributed by atoms with van der Waals surface area (Å²) in [7, 11) is 0. The minimum Gasteiger partial charge on any atom is -0.480 e. The fraction of sp³-hybridized carbons (Fsp3) is 0.545. The zero-order valence-electron chi connectivity index (χ0n) is 10.0. The van der Waals surface area contributed by atoms with E-state index in [1.807, 2.05) is 0 Å². The van der Waals surface area contributed by atoms with Crippen LogP contribution in [0.4, 0.5) is 4.79 Å². The van der Waals surface area contributed by atoms with Crippen LogP contribution in [0, 0.1) is 6.92 Å². The minimum atomic E-state index is -1.10. The van der Waals surface area contributed by atoms with Crippen LogP contribution in [-0.4, -0.2) is 27.8 Å². The number of nitrogens with one attached hydrogen (secondary N) is 2. The summed E-state index contributed by atoms with van der Waals surface area (Å²) in [6, 6.07) is 1.20. The Morgan fingerprint density at radius 2 is 2.28 bits per heavy atom. The molecule has 2 amide bonds. The molecule has 98 valence electrons. The molecule has 1 fully saturated rings. The monoisotopic (exact) mass is 253 g/mol. The molecule has 0 aliphatic heterocycles. The van der Waals surface area contributed by atoms with Crippen molar-refractivity contribution in [3.05, 3.63) is 17.5 Å². The van der Waals surface area contributed by atoms with Gasteiger partial charge in [0, 0.05) is 6.07 Å². The number of aliphatic carboxylic acids is 1. The molecular formula is C11H15N3O4. The largest absolute Gasteiger partial charge is 0.480 e. The summed E-state index contributed by atoms with van der Waals surface area (Å²) < 4.78 is 4.92. The maximum atomic E-state index is 11.6. The van der Waals surface area contributed by atoms with E-state index in [1.54, 1.807) is 13.0 Å². The van der Waals surface area contributed by atoms with E-state index in [4.69, 9.17) is 9.63 Å². The Morgan fingerprint density at radius 1 is 1.56 bits per heavy atom. The van der Waals surface area contributed by atoms with E-state index in [0.29, 0.717) is 18.6 Å². The average Bonchev–Trinajstić information content (AvgIpc) is 2.66. The molecule has 1 aliphatic rings. The average molecular weight is 253 g/mol. The fourth-order valence-electron chi connectivity index (χ4n) is 1.85. The topological polar surface area (TPSA) is 104 Å². The number of aromatic nitrogens is 1. The number of carbonyl (C=O) groups excluding carboxylic acids is 1. The third kappa shape index (κ3) is 2.44. The summed E-state index contributed by atoms with van der Waals surface area (Å²) in [4.78, 5) is 22.6. The van der Waals surface area contributed by atoms with Gasteiger partial charge in [-0.05, 0) is 26.2 Å². The van der Waals surface area contributed by atoms with Crippen molar-refractivity contribution in [3.8, 4) is 0 Å². The van der Waals surface area contributed by atoms with Gasteiger partial charge in [0.1, 0.15) is 5.54 Å². The lowest BCUT2D eigenvalue weighted by molar-refractivity contribution is -0.148. The van der Waals surface area contributed by atoms with Crippen LogP contribution in [0.2, 0.25) is 0 Å². The molecule has 0 spiro atoms. The third-order valence-electron chi connectivity index (χ3n) is 3.07. The van der Waals surface area contributed by atoms with Crippen molar-refractivity contribution in [2.75, 3.05) is 0 Å². The van der Waals surface area contributed by atoms with Gasteiger partial charge in [0.15, 0.2) is 5.76 Å². The van der Waals surface area contributed by atoms with Crippen LogP contribution in [0.5, 0.6) is 0 Å². The van der Waals surface area contributed by atoms with Gasteiger partial charge in [0.25, 0.3) is 0 Å². The highest BCUT2D eigenvalue weighted by Gasteiger charge is 2.45. The smallest absolute Gasteiger partial charge is 0.329 e. The van der Waals surface area contributed by atoms with Crippen molar-refractivity contribution in [1.29, 1.82) is 0 Å². The summed E-state index contributed by atoms with van der Waals surface area (Å²) in [5.41, 5.74) is -0.366. The summed E-state index contributed by atoms with van der Waals surface area (Å²) in [6.07, 6.45) is 1.75. The summed E-state index contributed by atoms with van der Waals surface area (Å²) in [6.45, 7) is 1.96. The van der Waals surface area contributed by atoms with Crippen molar-refractivity contribution in [2.24, 2.45) is 0 Å². The first kappa shape index (κ1) is 12.4. The van der Waals surface area contributed by atoms with Gasteiger partial charge >= 0.3 is 12.0 Å². The lowest BCUT2D eigenvalue weighted by atomic mass is 9.77. The number of carboxylic acids is 1. The predicted molar refractivity (Wildman–Crippen MR) is 60.8 cm³/mol. The van der Waals surface area contributed by atoms with Gasteiger partial charge in [-0.25, -0.2) is 9.59 Å². The second-order valence-corrected chi connectivity index (χ2v) is 4.48. The van der Waals surface area contributed by atoms with Crippen molar-refractivity contribution >= 4 is 12.0 Å². The first-order valence-corrected chi connectivity index (χ1v) is 5.73. The first-order valence-electron chi connectivity index (χ1n) is 5.73. The Balaban J connectivity index is 1.83. The minimum absolute atomic E-state index is 0.183. The molecule has 1 saturated carbocycles. The van der Waals surface area contributed by atoms with Crippen molar-refractivity contribution in [1.82, 2.24) is 15.8 Å². The molecule has 1 aliphatic carbocycles. The number of carboxylic acid groups (broad SMARTS) is 1. The highest BCUT2D eigenvalue weighted by atomic mass is 16.5. The van der Waals surface area contributed by atoms with E-state index in [9.17, 15) is 9.59 Å². The third-order valence-corrected chi connectivity index (χ3v) is 3.07. The molecule has 7 nitrogen and oxygen atoms in total. The van der Waals surface area contributed by atoms with Crippen LogP contribution < -0.4 is 10.6 Å². The van der Waals surface area contributed by atoms with Crippen molar-refractivity contribution in [2.45, 2.75) is 38.3 Å². The molecule has 0 radical (unpaired) electrons. The standard InChI is InChI=1S/C11H15N3O4/c1-7-5-8(18-14-7)6-12-10(17)13-11(9(15)16)3-2-4-11/h5H,2-4,6H2,1H3,(H,15,16)(H2,12,13,17). The number of carbonyl (C=O) groups is 2. The molecule has 1 aromatic heterocycles. The van der Waals surface area contributed by atoms with Gasteiger partial charge in [-0.1, -0.05) is 5.16 Å². The van der Waals surface area contributed by atoms with Gasteiger partial charge < -0.3 is 20.3 Å². The number of amides is 2. The van der Waals surface area contributed by atoms with E-state index in [1.165, 1.54) is 0 Å². The molecule has 2 rings (SSSR count). The van der Waals surface area contributed by atoms with Gasteiger partial charge in [-0.15, -0.1) is 0 Å². The van der Waals surface area contributed by atoms with E-state index < -0.39 is 17.5 Å². The molecule has 18 heavy (non-hydrogen) atoms. The SMILES string of the molecule is Cc1cc(CNC(=O)NC2(C(=O)O)CCC2)on1. The Morgan fingerprint density at radius 3 is 2.72 bits per heavy atom. The molecule has 1 heterocycles. The molecule has 7 heteroatoms. The predicted octanol–water partition coefficient (Wildman–Crippen LogP) is 0.790. The van der Waals surface area contributed by atoms with E-state index in [2.05, 4.69) is 15.8 Å². The molecule has 1 aromatic rings. The first-order chi connectivity index (χ1) is 8.52. The van der Waals surface area contributed by atoms with E-state index in [0.717, 1.165) is 12.1 Å². The van der Waals surface area contributed by atoms with Gasteiger partial charge in [0.05, 0.1) is 12.2 Å². The molecule has 0 atom stereocenters. The number of urea groups is 1. The van der Waals surface area contributed by atoms with Crippen LogP contribution in [0.25, 0.3) is 0 Å². The fourth-order valence-corrected chi connectivity index (χ4v) is 1.85. The number of nitrogens with zero attached hydrogens (tertiary/aromatic N) is 1. The lowest BCUT2D eigenvalue weighted by Gasteiger charge is -2.38. The highest BCUT2D eigenvalue weighted by molar-refractivity contribution is 5.87. The zero-order valence-corrected chi connectivity index (χ0v) is 10.0. The molecule has 0 unspecified atom stereocenters. The van der Waals surface area contributed by atoms with Crippen LogP contribution in [0.3, 0.4) is 0 Å². The lowest BCUT2D eigenvalue weighted by Crippen LogP contribution is -2.61. The maximum absolute atomic E-state index is 11.6. The molecule has 3 N–H and O–H groups in total. The summed E-state index contributed by atoms with van der Waals surface area (Å²) >= 11 is 0. The van der Waals surface area contributed by atoms with Gasteiger partial charge in [-0.2, -0.15) is 0 Å². The number of hydrogen-bond donors (Lipinski definition) is 3. The van der Waals surface area contributed by atoms with Gasteiger partial charge in [0.2, 0.25) is 0 Å². The second kappa shape index (κ2) is 4.67. The Bertz CT molecular complexity index is 465. The Hall–Kier alpha value is -2.05. The number of rotatable bonds is 4. The summed E-state index contributed by atoms with van der Waals surface area (Å²) in [5.74, 6) is -0.458. The maximum Gasteiger partial charge on any atom is 0.329 e. The molecule has 0 aromatic carbocycles. The molecule has 0 saturated heterocycles. The van der Waals surface area contributed by atoms with E-state index >= 15 is 0 Å². The van der Waals surface area contributed by atoms with Crippen molar-refractivity contribution < 1.29 is 19.2 Å². The zero-order chi connectivity index (χ0) is 13.2. The Kier molecular flexibility index (Phi) is 3.22. The highest BCUT2D eigenvalue weighted by Crippen LogP contribution is 2.31. The second-order valence-electron chi connectivity index (χ2n) is 4.48. The number of hydrogen-bond acceptors (Lipinski definition) is 4. The molecular weight excluding hydrogens is 238 g/mol. The number of aryl methyl sites for hydroxylation is 1. The van der Waals surface area contributed by atoms with Crippen LogP contribution in [-0.2, 0) is 11.3 Å². The van der Waals surface area contributed by atoms with Crippen LogP contribution in [0.15, 0.2) is 10.6 Å². The van der Waals surface area contributed by atoms with Crippen molar-refractivity contribution in [3.63, 3.8) is 0 Å². The normalized spacial score (nSPS) is 16.7. The van der Waals surface area contributed by atoms with Crippen LogP contribution >= 0.6 is 0 Å². The molecule has 0 bridgehead atoms. The summed E-state index contributed by atoms with van der Waals surface area (Å²) in [5, 5.41) is 17.8. The van der Waals surface area contributed by atoms with E-state index in [-0.39, 0.29) is 6.54 Å².